The van der Waals surface area contributed by atoms with Crippen LogP contribution in [0.2, 0.25) is 0 Å². The third-order valence-corrected chi connectivity index (χ3v) is 16.2. The van der Waals surface area contributed by atoms with Gasteiger partial charge in [-0.1, -0.05) is 72.8 Å². The SMILES string of the molecule is C=CCN(CC=C)Cc1c(O)ccc(-c2nc(-c3ccc4c(c3)CCCC4)nc(-c3ccc4c(c3)CCCC4)n2)c1O.C=CCNCC=C.Oc1ccc(-c2nc(-c3ccc4c(c3)CCCC4)nc(-c3ccc4c(c3)CCCC4)n2)c(O)c1.[Y]. The Morgan fingerprint density at radius 1 is 0.381 bits per heavy atom. The molecule has 0 fully saturated rings. The summed E-state index contributed by atoms with van der Waals surface area (Å²) < 4.78 is 0. The average molecular weight is 1190 g/mol. The van der Waals surface area contributed by atoms with Crippen molar-refractivity contribution in [3.05, 3.63) is 204 Å². The van der Waals surface area contributed by atoms with Gasteiger partial charge in [-0.2, -0.15) is 0 Å². The van der Waals surface area contributed by atoms with Gasteiger partial charge in [0.25, 0.3) is 0 Å². The van der Waals surface area contributed by atoms with Crippen LogP contribution in [0.25, 0.3) is 68.3 Å². The van der Waals surface area contributed by atoms with Crippen molar-refractivity contribution in [3.63, 3.8) is 0 Å². The van der Waals surface area contributed by atoms with Crippen molar-refractivity contribution in [2.24, 2.45) is 0 Å². The van der Waals surface area contributed by atoms with Crippen LogP contribution in [0, 0.1) is 0 Å². The van der Waals surface area contributed by atoms with Crippen LogP contribution in [0.4, 0.5) is 0 Å². The van der Waals surface area contributed by atoms with Crippen LogP contribution >= 0.6 is 0 Å². The van der Waals surface area contributed by atoms with Gasteiger partial charge < -0.3 is 25.7 Å². The molecule has 0 bridgehead atoms. The first kappa shape index (κ1) is 61.1. The van der Waals surface area contributed by atoms with E-state index in [-0.39, 0.29) is 55.7 Å². The van der Waals surface area contributed by atoms with Crippen LogP contribution in [-0.4, -0.2) is 81.4 Å². The van der Waals surface area contributed by atoms with Crippen molar-refractivity contribution < 1.29 is 53.1 Å². The van der Waals surface area contributed by atoms with Crippen LogP contribution in [0.3, 0.4) is 0 Å². The van der Waals surface area contributed by atoms with Crippen molar-refractivity contribution in [1.82, 2.24) is 40.1 Å². The third kappa shape index (κ3) is 14.9. The van der Waals surface area contributed by atoms with Crippen molar-refractivity contribution in [2.75, 3.05) is 26.2 Å². The van der Waals surface area contributed by atoms with E-state index in [4.69, 9.17) is 29.9 Å². The fourth-order valence-corrected chi connectivity index (χ4v) is 11.8. The number of hydrogen-bond donors (Lipinski definition) is 5. The Morgan fingerprint density at radius 2 is 0.726 bits per heavy atom. The Kier molecular flexibility index (Phi) is 21.4. The number of nitrogens with zero attached hydrogens (tertiary/aromatic N) is 7. The second-order valence-electron chi connectivity index (χ2n) is 22.0. The standard InChI is InChI=1S/C36H38N4O2.C29H27N3O2.C6H11N.Y/c1-3-19-40(20-4-2)23-31-32(41)18-17-30(33(31)42)36-38-34(28-15-13-24-9-5-7-11-26(24)21-28)37-35(39-36)29-16-14-25-10-6-8-12-27(25)22-29;33-24-13-14-25(26(34)17-24)29-31-27(22-11-9-18-5-1-3-7-20(18)15-22)30-28(32-29)23-12-10-19-6-2-4-8-21(19)16-23;1-3-5-7-6-4-2;/h3-4,13-18,21-22,41-42H,1-2,5-12,19-20,23H2;9-17,33-34H,1-8H2;3-4,7H,1-2,5-6H2;. The third-order valence-electron chi connectivity index (χ3n) is 16.2. The summed E-state index contributed by atoms with van der Waals surface area (Å²) in [7, 11) is 0. The Hall–Kier alpha value is -7.48. The maximum Gasteiger partial charge on any atom is 0.167 e. The number of hydrogen-bond acceptors (Lipinski definition) is 12. The summed E-state index contributed by atoms with van der Waals surface area (Å²) in [6, 6.07) is 33.8. The molecule has 4 aliphatic carbocycles. The molecule has 84 heavy (non-hydrogen) atoms. The Morgan fingerprint density at radius 3 is 1.08 bits per heavy atom. The van der Waals surface area contributed by atoms with Gasteiger partial charge in [0.2, 0.25) is 0 Å². The van der Waals surface area contributed by atoms with E-state index >= 15 is 0 Å². The molecule has 0 saturated carbocycles. The van der Waals surface area contributed by atoms with Gasteiger partial charge >= 0.3 is 0 Å². The summed E-state index contributed by atoms with van der Waals surface area (Å²) in [5.74, 6) is 3.05. The molecule has 4 aliphatic rings. The Labute approximate surface area is 520 Å². The van der Waals surface area contributed by atoms with E-state index < -0.39 is 0 Å². The molecule has 0 unspecified atom stereocenters. The maximum atomic E-state index is 11.5. The zero-order chi connectivity index (χ0) is 57.7. The summed E-state index contributed by atoms with van der Waals surface area (Å²) in [5.41, 5.74) is 16.2. The van der Waals surface area contributed by atoms with Crippen molar-refractivity contribution >= 4 is 0 Å². The monoisotopic (exact) mass is 1190 g/mol. The number of rotatable bonds is 16. The van der Waals surface area contributed by atoms with Gasteiger partial charge in [0.1, 0.15) is 23.0 Å². The van der Waals surface area contributed by atoms with Crippen LogP contribution in [0.15, 0.2) is 154 Å². The van der Waals surface area contributed by atoms with Crippen molar-refractivity contribution in [3.8, 4) is 91.3 Å². The summed E-state index contributed by atoms with van der Waals surface area (Å²) in [4.78, 5) is 31.2. The molecule has 2 aromatic heterocycles. The average Bonchev–Trinajstić information content (AvgIpc) is 2.89. The van der Waals surface area contributed by atoms with E-state index in [0.29, 0.717) is 71.3 Å². The number of fused-ring (bicyclic) bond motifs is 4. The fourth-order valence-electron chi connectivity index (χ4n) is 11.8. The number of nitrogens with one attached hydrogen (secondary N) is 1. The number of aromatic nitrogens is 6. The van der Waals surface area contributed by atoms with Gasteiger partial charge in [-0.25, -0.2) is 29.9 Å². The molecule has 12 rings (SSSR count). The van der Waals surface area contributed by atoms with Gasteiger partial charge in [-0.05, 0) is 196 Å². The van der Waals surface area contributed by atoms with Crippen molar-refractivity contribution in [1.29, 1.82) is 0 Å². The van der Waals surface area contributed by atoms with Crippen LogP contribution in [0.1, 0.15) is 101 Å². The van der Waals surface area contributed by atoms with Crippen LogP contribution < -0.4 is 5.32 Å². The molecule has 6 aromatic carbocycles. The first-order chi connectivity index (χ1) is 40.6. The molecule has 0 aliphatic heterocycles. The molecule has 427 valence electrons. The van der Waals surface area contributed by atoms with Gasteiger partial charge in [0, 0.05) is 93.8 Å². The predicted octanol–water partition coefficient (Wildman–Crippen LogP) is 14.2. The topological polar surface area (TPSA) is 174 Å². The van der Waals surface area contributed by atoms with E-state index in [0.717, 1.165) is 86.7 Å². The number of phenolic OH excluding ortho intramolecular Hbond substituents is 4. The minimum Gasteiger partial charge on any atom is -0.508 e. The summed E-state index contributed by atoms with van der Waals surface area (Å²) >= 11 is 0. The second-order valence-corrected chi connectivity index (χ2v) is 22.0. The number of phenols is 4. The van der Waals surface area contributed by atoms with E-state index in [9.17, 15) is 20.4 Å². The maximum absolute atomic E-state index is 11.5. The molecule has 5 N–H and O–H groups in total. The Bertz CT molecular complexity index is 3500. The first-order valence-electron chi connectivity index (χ1n) is 29.5. The summed E-state index contributed by atoms with van der Waals surface area (Å²) in [6.07, 6.45) is 25.7. The molecular weight excluding hydrogens is 1120 g/mol. The normalized spacial score (nSPS) is 13.9. The first-order valence-corrected chi connectivity index (χ1v) is 29.5. The predicted molar refractivity (Wildman–Crippen MR) is 334 cm³/mol. The minimum atomic E-state index is -0.0565. The largest absolute Gasteiger partial charge is 0.508 e. The van der Waals surface area contributed by atoms with Gasteiger partial charge in [0.05, 0.1) is 16.7 Å². The minimum absolute atomic E-state index is 0. The molecule has 1 radical (unpaired) electrons. The zero-order valence-electron chi connectivity index (χ0n) is 48.3. The van der Waals surface area contributed by atoms with E-state index in [1.54, 1.807) is 30.4 Å². The van der Waals surface area contributed by atoms with E-state index in [2.05, 4.69) is 104 Å². The molecule has 0 atom stereocenters. The molecule has 0 saturated heterocycles. The van der Waals surface area contributed by atoms with Crippen LogP contribution in [-0.2, 0) is 90.6 Å². The molecule has 13 heteroatoms. The quantitative estimate of drug-likeness (QED) is 0.0458. The smallest absolute Gasteiger partial charge is 0.167 e. The second kappa shape index (κ2) is 29.4. The van der Waals surface area contributed by atoms with Crippen molar-refractivity contribution in [2.45, 2.75) is 109 Å². The molecule has 8 aromatic rings. The molecule has 12 nitrogen and oxygen atoms in total. The molecular formula is C71H76N8O4Y. The number of aryl methyl sites for hydroxylation is 8. The zero-order valence-corrected chi connectivity index (χ0v) is 51.1. The Balaban J connectivity index is 0.000000182. The molecule has 2 heterocycles. The van der Waals surface area contributed by atoms with Gasteiger partial charge in [-0.15, -0.1) is 26.3 Å². The van der Waals surface area contributed by atoms with Gasteiger partial charge in [-0.3, -0.25) is 4.90 Å². The number of aromatic hydroxyl groups is 4. The van der Waals surface area contributed by atoms with Gasteiger partial charge in [0.15, 0.2) is 34.9 Å². The summed E-state index contributed by atoms with van der Waals surface area (Å²) in [5, 5.41) is 45.6. The van der Waals surface area contributed by atoms with Crippen LogP contribution in [0.5, 0.6) is 23.0 Å². The number of benzene rings is 6. The molecule has 0 amide bonds. The van der Waals surface area contributed by atoms with E-state index in [1.165, 1.54) is 108 Å². The van der Waals surface area contributed by atoms with E-state index in [1.807, 2.05) is 17.1 Å². The summed E-state index contributed by atoms with van der Waals surface area (Å²) in [6.45, 7) is 18.0. The molecule has 0 spiro atoms. The fraction of sp³-hybridized carbons (Fsp3) is 0.296.